The molecule has 0 saturated heterocycles. The van der Waals surface area contributed by atoms with Gasteiger partial charge in [-0.15, -0.1) is 11.8 Å². The minimum absolute atomic E-state index is 0.636. The second kappa shape index (κ2) is 4.72. The molecule has 0 N–H and O–H groups in total. The third kappa shape index (κ3) is 6.31. The van der Waals surface area contributed by atoms with Gasteiger partial charge < -0.3 is 9.16 Å². The summed E-state index contributed by atoms with van der Waals surface area (Å²) < 4.78 is 10.6. The number of hydrogen-bond acceptors (Lipinski definition) is 3. The van der Waals surface area contributed by atoms with Crippen LogP contribution in [0.5, 0.6) is 0 Å². The molecular formula is C7H16O2SSi. The normalized spacial score (nSPS) is 13.0. The van der Waals surface area contributed by atoms with Crippen LogP contribution in [0.3, 0.4) is 0 Å². The molecule has 4 heteroatoms. The van der Waals surface area contributed by atoms with Crippen LogP contribution in [0.4, 0.5) is 0 Å². The summed E-state index contributed by atoms with van der Waals surface area (Å²) in [7, 11) is 0.142. The molecule has 0 spiro atoms. The standard InChI is InChI=1S/C7H16O2SSi/c1-8-7(6-10-2)9-11(3,4)5/h6H,1-5H3/b7-6+. The van der Waals surface area contributed by atoms with Crippen molar-refractivity contribution in [1.82, 2.24) is 0 Å². The summed E-state index contributed by atoms with van der Waals surface area (Å²) in [6.45, 7) is 6.38. The fourth-order valence-electron chi connectivity index (χ4n) is 0.512. The topological polar surface area (TPSA) is 18.5 Å². The van der Waals surface area contributed by atoms with Gasteiger partial charge >= 0.3 is 0 Å². The summed E-state index contributed by atoms with van der Waals surface area (Å²) in [4.78, 5) is 0. The summed E-state index contributed by atoms with van der Waals surface area (Å²) in [6.07, 6.45) is 1.98. The SMILES string of the molecule is CO/C(=C\SC)O[Si](C)(C)C. The van der Waals surface area contributed by atoms with Crippen molar-refractivity contribution in [3.63, 3.8) is 0 Å². The van der Waals surface area contributed by atoms with Crippen LogP contribution in [0.15, 0.2) is 11.4 Å². The summed E-state index contributed by atoms with van der Waals surface area (Å²) in [5.41, 5.74) is 0. The molecule has 0 heterocycles. The molecule has 0 aliphatic rings. The van der Waals surface area contributed by atoms with E-state index in [4.69, 9.17) is 9.16 Å². The molecule has 0 unspecified atom stereocenters. The Labute approximate surface area is 74.1 Å². The Kier molecular flexibility index (Phi) is 4.68. The van der Waals surface area contributed by atoms with E-state index in [9.17, 15) is 0 Å². The molecule has 2 nitrogen and oxygen atoms in total. The first-order valence-corrected chi connectivity index (χ1v) is 8.15. The molecule has 0 radical (unpaired) electrons. The van der Waals surface area contributed by atoms with Gasteiger partial charge in [-0.25, -0.2) is 0 Å². The predicted octanol–water partition coefficient (Wildman–Crippen LogP) is 2.65. The highest BCUT2D eigenvalue weighted by atomic mass is 32.2. The molecule has 11 heavy (non-hydrogen) atoms. The van der Waals surface area contributed by atoms with Gasteiger partial charge in [0.05, 0.1) is 12.5 Å². The molecule has 66 valence electrons. The molecule has 0 amide bonds. The average molecular weight is 192 g/mol. The van der Waals surface area contributed by atoms with E-state index in [0.29, 0.717) is 5.95 Å². The van der Waals surface area contributed by atoms with Crippen molar-refractivity contribution in [3.05, 3.63) is 11.4 Å². The lowest BCUT2D eigenvalue weighted by atomic mass is 11.0. The molecule has 0 bridgehead atoms. The van der Waals surface area contributed by atoms with Crippen LogP contribution >= 0.6 is 11.8 Å². The first kappa shape index (κ1) is 10.9. The van der Waals surface area contributed by atoms with Crippen LogP contribution < -0.4 is 0 Å². The number of methoxy groups -OCH3 is 1. The fourth-order valence-corrected chi connectivity index (χ4v) is 1.68. The van der Waals surface area contributed by atoms with Gasteiger partial charge in [0.15, 0.2) is 0 Å². The largest absolute Gasteiger partial charge is 0.519 e. The van der Waals surface area contributed by atoms with Crippen LogP contribution in [0, 0.1) is 0 Å². The Morgan fingerprint density at radius 3 is 2.18 bits per heavy atom. The molecule has 0 aromatic carbocycles. The zero-order chi connectivity index (χ0) is 8.91. The first-order chi connectivity index (χ1) is 4.99. The Bertz CT molecular complexity index is 140. The maximum absolute atomic E-state index is 5.58. The monoisotopic (exact) mass is 192 g/mol. The minimum Gasteiger partial charge on any atom is -0.519 e. The van der Waals surface area contributed by atoms with Crippen LogP contribution in [0.2, 0.25) is 19.6 Å². The van der Waals surface area contributed by atoms with Crippen molar-refractivity contribution >= 4 is 20.1 Å². The Morgan fingerprint density at radius 2 is 1.91 bits per heavy atom. The second-order valence-electron chi connectivity index (χ2n) is 3.09. The Hall–Kier alpha value is -0.0931. The third-order valence-corrected chi connectivity index (χ3v) is 2.06. The number of hydrogen-bond donors (Lipinski definition) is 0. The van der Waals surface area contributed by atoms with Crippen LogP contribution in [-0.4, -0.2) is 21.7 Å². The van der Waals surface area contributed by atoms with Gasteiger partial charge in [0.2, 0.25) is 8.32 Å². The van der Waals surface area contributed by atoms with Gasteiger partial charge in [0, 0.05) is 0 Å². The highest BCUT2D eigenvalue weighted by molar-refractivity contribution is 8.01. The van der Waals surface area contributed by atoms with Crippen molar-refractivity contribution in [2.45, 2.75) is 19.6 Å². The van der Waals surface area contributed by atoms with Gasteiger partial charge in [-0.2, -0.15) is 0 Å². The molecular weight excluding hydrogens is 176 g/mol. The minimum atomic E-state index is -1.49. The zero-order valence-electron chi connectivity index (χ0n) is 7.80. The van der Waals surface area contributed by atoms with E-state index in [1.165, 1.54) is 0 Å². The molecule has 0 saturated carbocycles. The lowest BCUT2D eigenvalue weighted by Crippen LogP contribution is -2.25. The summed E-state index contributed by atoms with van der Waals surface area (Å²) in [5, 5.41) is 1.87. The van der Waals surface area contributed by atoms with E-state index < -0.39 is 8.32 Å². The van der Waals surface area contributed by atoms with Crippen molar-refractivity contribution < 1.29 is 9.16 Å². The first-order valence-electron chi connectivity index (χ1n) is 3.45. The highest BCUT2D eigenvalue weighted by Crippen LogP contribution is 2.13. The van der Waals surface area contributed by atoms with Gasteiger partial charge in [0.1, 0.15) is 0 Å². The zero-order valence-corrected chi connectivity index (χ0v) is 9.62. The van der Waals surface area contributed by atoms with Crippen LogP contribution in [0.1, 0.15) is 0 Å². The number of rotatable bonds is 4. The lowest BCUT2D eigenvalue weighted by molar-refractivity contribution is 0.148. The van der Waals surface area contributed by atoms with Crippen LogP contribution in [-0.2, 0) is 9.16 Å². The maximum atomic E-state index is 5.58. The average Bonchev–Trinajstić information content (AvgIpc) is 1.84. The molecule has 0 aromatic heterocycles. The van der Waals surface area contributed by atoms with Gasteiger partial charge in [-0.1, -0.05) is 0 Å². The quantitative estimate of drug-likeness (QED) is 0.504. The van der Waals surface area contributed by atoms with E-state index in [1.54, 1.807) is 18.9 Å². The molecule has 0 rings (SSSR count). The predicted molar refractivity (Wildman–Crippen MR) is 53.0 cm³/mol. The van der Waals surface area contributed by atoms with E-state index in [-0.39, 0.29) is 0 Å². The number of ether oxygens (including phenoxy) is 1. The van der Waals surface area contributed by atoms with Crippen molar-refractivity contribution in [1.29, 1.82) is 0 Å². The summed E-state index contributed by atoms with van der Waals surface area (Å²) in [5.74, 6) is 0.636. The van der Waals surface area contributed by atoms with Gasteiger partial charge in [0.25, 0.3) is 5.95 Å². The Balaban J connectivity index is 3.99. The molecule has 0 aliphatic carbocycles. The maximum Gasteiger partial charge on any atom is 0.271 e. The third-order valence-electron chi connectivity index (χ3n) is 0.822. The van der Waals surface area contributed by atoms with Crippen molar-refractivity contribution in [2.24, 2.45) is 0 Å². The second-order valence-corrected chi connectivity index (χ2v) is 8.23. The Morgan fingerprint density at radius 1 is 1.36 bits per heavy atom. The fraction of sp³-hybridized carbons (Fsp3) is 0.714. The van der Waals surface area contributed by atoms with Crippen molar-refractivity contribution in [2.75, 3.05) is 13.4 Å². The molecule has 0 aromatic rings. The van der Waals surface area contributed by atoms with Crippen molar-refractivity contribution in [3.8, 4) is 0 Å². The lowest BCUT2D eigenvalue weighted by Gasteiger charge is -2.19. The number of thioether (sulfide) groups is 1. The van der Waals surface area contributed by atoms with E-state index in [2.05, 4.69) is 19.6 Å². The van der Waals surface area contributed by atoms with E-state index in [1.807, 2.05) is 11.7 Å². The molecule has 0 fully saturated rings. The molecule has 0 aliphatic heterocycles. The highest BCUT2D eigenvalue weighted by Gasteiger charge is 2.17. The van der Waals surface area contributed by atoms with Gasteiger partial charge in [-0.3, -0.25) is 0 Å². The van der Waals surface area contributed by atoms with Gasteiger partial charge in [-0.05, 0) is 25.9 Å². The van der Waals surface area contributed by atoms with E-state index >= 15 is 0 Å². The van der Waals surface area contributed by atoms with E-state index in [0.717, 1.165) is 0 Å². The summed E-state index contributed by atoms with van der Waals surface area (Å²) >= 11 is 1.59. The smallest absolute Gasteiger partial charge is 0.271 e. The van der Waals surface area contributed by atoms with Crippen LogP contribution in [0.25, 0.3) is 0 Å². The summed E-state index contributed by atoms with van der Waals surface area (Å²) in [6, 6.07) is 0. The molecule has 0 atom stereocenters.